The van der Waals surface area contributed by atoms with Crippen LogP contribution in [0, 0.1) is 17.6 Å². The van der Waals surface area contributed by atoms with Crippen LogP contribution in [0.2, 0.25) is 0 Å². The third-order valence-corrected chi connectivity index (χ3v) is 5.02. The van der Waals surface area contributed by atoms with Gasteiger partial charge in [0.15, 0.2) is 0 Å². The first kappa shape index (κ1) is 14.9. The van der Waals surface area contributed by atoms with Crippen molar-refractivity contribution >= 4 is 0 Å². The molecule has 1 atom stereocenters. The van der Waals surface area contributed by atoms with Crippen LogP contribution in [-0.4, -0.2) is 30.6 Å². The lowest BCUT2D eigenvalue weighted by Crippen LogP contribution is -2.54. The molecule has 0 bridgehead atoms. The predicted octanol–water partition coefficient (Wildman–Crippen LogP) is 3.32. The van der Waals surface area contributed by atoms with Crippen molar-refractivity contribution in [2.24, 2.45) is 5.92 Å². The van der Waals surface area contributed by atoms with Gasteiger partial charge in [-0.25, -0.2) is 8.78 Å². The molecule has 1 aromatic carbocycles. The molecule has 1 saturated heterocycles. The molecule has 1 saturated carbocycles. The molecular formula is C17H24F2N2. The van der Waals surface area contributed by atoms with Crippen LogP contribution < -0.4 is 5.32 Å². The Kier molecular flexibility index (Phi) is 4.86. The van der Waals surface area contributed by atoms with E-state index in [-0.39, 0.29) is 5.56 Å². The zero-order valence-electron chi connectivity index (χ0n) is 12.5. The fraction of sp³-hybridized carbons (Fsp3) is 0.647. The maximum atomic E-state index is 13.9. The Labute approximate surface area is 125 Å². The van der Waals surface area contributed by atoms with Crippen molar-refractivity contribution in [1.29, 1.82) is 0 Å². The van der Waals surface area contributed by atoms with Crippen LogP contribution in [-0.2, 0) is 6.54 Å². The zero-order chi connectivity index (χ0) is 14.7. The van der Waals surface area contributed by atoms with Gasteiger partial charge in [-0.15, -0.1) is 0 Å². The van der Waals surface area contributed by atoms with Crippen molar-refractivity contribution in [2.75, 3.05) is 19.6 Å². The fourth-order valence-electron chi connectivity index (χ4n) is 3.83. The standard InChI is InChI=1S/C17H24F2N2/c18-15-7-4-8-16(19)14(15)12-21-10-9-20-11-17(21)13-5-2-1-3-6-13/h4,7-8,13,17,20H,1-3,5-6,9-12H2. The SMILES string of the molecule is Fc1cccc(F)c1CN1CCNCC1C1CCCCC1. The molecule has 1 aliphatic heterocycles. The van der Waals surface area contributed by atoms with E-state index < -0.39 is 11.6 Å². The van der Waals surface area contributed by atoms with Crippen LogP contribution in [0.1, 0.15) is 37.7 Å². The minimum Gasteiger partial charge on any atom is -0.314 e. The van der Waals surface area contributed by atoms with Crippen LogP contribution in [0.25, 0.3) is 0 Å². The molecule has 1 aliphatic carbocycles. The Morgan fingerprint density at radius 1 is 1.10 bits per heavy atom. The lowest BCUT2D eigenvalue weighted by Gasteiger charge is -2.42. The smallest absolute Gasteiger partial charge is 0.130 e. The van der Waals surface area contributed by atoms with Crippen molar-refractivity contribution in [3.05, 3.63) is 35.4 Å². The predicted molar refractivity (Wildman–Crippen MR) is 80.0 cm³/mol. The van der Waals surface area contributed by atoms with Gasteiger partial charge in [-0.05, 0) is 30.9 Å². The summed E-state index contributed by atoms with van der Waals surface area (Å²) in [7, 11) is 0. The summed E-state index contributed by atoms with van der Waals surface area (Å²) in [5.74, 6) is -0.173. The quantitative estimate of drug-likeness (QED) is 0.920. The number of benzene rings is 1. The Morgan fingerprint density at radius 3 is 2.52 bits per heavy atom. The summed E-state index contributed by atoms with van der Waals surface area (Å²) in [5, 5.41) is 3.45. The highest BCUT2D eigenvalue weighted by molar-refractivity contribution is 5.19. The Hall–Kier alpha value is -1.00. The van der Waals surface area contributed by atoms with Crippen molar-refractivity contribution < 1.29 is 8.78 Å². The lowest BCUT2D eigenvalue weighted by molar-refractivity contribution is 0.0839. The highest BCUT2D eigenvalue weighted by Gasteiger charge is 2.31. The summed E-state index contributed by atoms with van der Waals surface area (Å²) in [6, 6.07) is 4.56. The molecule has 4 heteroatoms. The average Bonchev–Trinajstić information content (AvgIpc) is 2.52. The van der Waals surface area contributed by atoms with Crippen molar-refractivity contribution in [3.8, 4) is 0 Å². The van der Waals surface area contributed by atoms with Gasteiger partial charge < -0.3 is 5.32 Å². The van der Waals surface area contributed by atoms with E-state index in [2.05, 4.69) is 10.2 Å². The first-order valence-electron chi connectivity index (χ1n) is 8.13. The van der Waals surface area contributed by atoms with E-state index in [4.69, 9.17) is 0 Å². The molecule has 2 aliphatic rings. The molecule has 2 fully saturated rings. The largest absolute Gasteiger partial charge is 0.314 e. The van der Waals surface area contributed by atoms with Gasteiger partial charge in [-0.1, -0.05) is 25.3 Å². The summed E-state index contributed by atoms with van der Waals surface area (Å²) in [4.78, 5) is 2.29. The number of nitrogens with one attached hydrogen (secondary N) is 1. The molecule has 1 unspecified atom stereocenters. The van der Waals surface area contributed by atoms with E-state index in [1.807, 2.05) is 0 Å². The topological polar surface area (TPSA) is 15.3 Å². The molecule has 2 nitrogen and oxygen atoms in total. The summed E-state index contributed by atoms with van der Waals surface area (Å²) >= 11 is 0. The number of piperazine rings is 1. The molecule has 21 heavy (non-hydrogen) atoms. The van der Waals surface area contributed by atoms with Crippen LogP contribution in [0.4, 0.5) is 8.78 Å². The Morgan fingerprint density at radius 2 is 1.81 bits per heavy atom. The summed E-state index contributed by atoms with van der Waals surface area (Å²) in [5.41, 5.74) is 0.222. The van der Waals surface area contributed by atoms with Gasteiger partial charge in [0.2, 0.25) is 0 Å². The number of hydrogen-bond acceptors (Lipinski definition) is 2. The van der Waals surface area contributed by atoms with Gasteiger partial charge in [0.05, 0.1) is 0 Å². The highest BCUT2D eigenvalue weighted by atomic mass is 19.1. The molecule has 1 aromatic rings. The van der Waals surface area contributed by atoms with Crippen molar-refractivity contribution in [2.45, 2.75) is 44.7 Å². The minimum absolute atomic E-state index is 0.222. The minimum atomic E-state index is -0.420. The van der Waals surface area contributed by atoms with E-state index >= 15 is 0 Å². The third-order valence-electron chi connectivity index (χ3n) is 5.02. The number of halogens is 2. The molecule has 0 amide bonds. The second-order valence-electron chi connectivity index (χ2n) is 6.34. The molecule has 116 valence electrons. The molecule has 0 radical (unpaired) electrons. The fourth-order valence-corrected chi connectivity index (χ4v) is 3.83. The first-order valence-corrected chi connectivity index (χ1v) is 8.13. The Bertz CT molecular complexity index is 452. The third kappa shape index (κ3) is 3.43. The van der Waals surface area contributed by atoms with Crippen molar-refractivity contribution in [3.63, 3.8) is 0 Å². The molecule has 1 heterocycles. The van der Waals surface area contributed by atoms with Crippen LogP contribution >= 0.6 is 0 Å². The van der Waals surface area contributed by atoms with Gasteiger partial charge in [-0.3, -0.25) is 4.90 Å². The van der Waals surface area contributed by atoms with Gasteiger partial charge in [0.25, 0.3) is 0 Å². The second kappa shape index (κ2) is 6.84. The van der Waals surface area contributed by atoms with Crippen LogP contribution in [0.3, 0.4) is 0 Å². The van der Waals surface area contributed by atoms with Gasteiger partial charge in [0.1, 0.15) is 11.6 Å². The molecule has 3 rings (SSSR count). The molecular weight excluding hydrogens is 270 g/mol. The maximum absolute atomic E-state index is 13.9. The lowest BCUT2D eigenvalue weighted by atomic mass is 9.82. The number of nitrogens with zero attached hydrogens (tertiary/aromatic N) is 1. The maximum Gasteiger partial charge on any atom is 0.130 e. The molecule has 1 N–H and O–H groups in total. The normalized spacial score (nSPS) is 25.1. The summed E-state index contributed by atoms with van der Waals surface area (Å²) in [6.45, 7) is 3.11. The number of rotatable bonds is 3. The summed E-state index contributed by atoms with van der Waals surface area (Å²) < 4.78 is 27.8. The monoisotopic (exact) mass is 294 g/mol. The van der Waals surface area contributed by atoms with Crippen LogP contribution in [0.5, 0.6) is 0 Å². The highest BCUT2D eigenvalue weighted by Crippen LogP contribution is 2.30. The van der Waals surface area contributed by atoms with Gasteiger partial charge >= 0.3 is 0 Å². The van der Waals surface area contributed by atoms with Gasteiger partial charge in [0, 0.05) is 37.8 Å². The molecule has 0 aromatic heterocycles. The van der Waals surface area contributed by atoms with Crippen molar-refractivity contribution in [1.82, 2.24) is 10.2 Å². The zero-order valence-corrected chi connectivity index (χ0v) is 12.5. The van der Waals surface area contributed by atoms with E-state index in [0.29, 0.717) is 18.5 Å². The number of hydrogen-bond donors (Lipinski definition) is 1. The average molecular weight is 294 g/mol. The first-order chi connectivity index (χ1) is 10.3. The van der Waals surface area contributed by atoms with E-state index in [9.17, 15) is 8.78 Å². The summed E-state index contributed by atoms with van der Waals surface area (Å²) in [6.07, 6.45) is 6.43. The van der Waals surface area contributed by atoms with Gasteiger partial charge in [-0.2, -0.15) is 0 Å². The van der Waals surface area contributed by atoms with E-state index in [0.717, 1.165) is 19.6 Å². The van der Waals surface area contributed by atoms with Crippen LogP contribution in [0.15, 0.2) is 18.2 Å². The second-order valence-corrected chi connectivity index (χ2v) is 6.34. The van der Waals surface area contributed by atoms with E-state index in [1.165, 1.54) is 50.3 Å². The molecule has 0 spiro atoms. The Balaban J connectivity index is 1.74. The van der Waals surface area contributed by atoms with E-state index in [1.54, 1.807) is 0 Å².